The zero-order valence-electron chi connectivity index (χ0n) is 13.9. The second-order valence-electron chi connectivity index (χ2n) is 7.28. The molecule has 2 aliphatic rings. The summed E-state index contributed by atoms with van der Waals surface area (Å²) in [5.74, 6) is 0. The van der Waals surface area contributed by atoms with Crippen molar-refractivity contribution < 1.29 is 0 Å². The van der Waals surface area contributed by atoms with Gasteiger partial charge in [0.15, 0.2) is 0 Å². The van der Waals surface area contributed by atoms with E-state index in [1.54, 1.807) is 0 Å². The Bertz CT molecular complexity index is 258. The number of nitrogens with zero attached hydrogens (tertiary/aromatic N) is 1. The predicted octanol–water partition coefficient (Wildman–Crippen LogP) is 4.34. The Hall–Kier alpha value is -0.0800. The molecule has 1 saturated carbocycles. The van der Waals surface area contributed by atoms with E-state index >= 15 is 0 Å². The van der Waals surface area contributed by atoms with Crippen LogP contribution < -0.4 is 5.32 Å². The molecule has 0 bridgehead atoms. The predicted molar refractivity (Wildman–Crippen MR) is 88.2 cm³/mol. The van der Waals surface area contributed by atoms with Crippen LogP contribution in [0.1, 0.15) is 84.5 Å². The van der Waals surface area contributed by atoms with Crippen molar-refractivity contribution in [1.82, 2.24) is 10.2 Å². The van der Waals surface area contributed by atoms with Gasteiger partial charge in [0.1, 0.15) is 0 Å². The fraction of sp³-hybridized carbons (Fsp3) is 1.00. The smallest absolute Gasteiger partial charge is 0.0334 e. The number of nitrogens with one attached hydrogen (secondary N) is 1. The Labute approximate surface area is 126 Å². The summed E-state index contributed by atoms with van der Waals surface area (Å²) in [6.07, 6.45) is 15.8. The molecule has 2 nitrogen and oxygen atoms in total. The summed E-state index contributed by atoms with van der Waals surface area (Å²) in [5.41, 5.74) is 0.536. The zero-order chi connectivity index (χ0) is 14.3. The van der Waals surface area contributed by atoms with Crippen LogP contribution in [0.15, 0.2) is 0 Å². The Morgan fingerprint density at radius 2 is 1.65 bits per heavy atom. The van der Waals surface area contributed by atoms with Gasteiger partial charge in [-0.3, -0.25) is 4.90 Å². The molecule has 20 heavy (non-hydrogen) atoms. The van der Waals surface area contributed by atoms with Gasteiger partial charge in [-0.25, -0.2) is 0 Å². The van der Waals surface area contributed by atoms with E-state index in [0.29, 0.717) is 11.6 Å². The van der Waals surface area contributed by atoms with Crippen LogP contribution in [0.3, 0.4) is 0 Å². The van der Waals surface area contributed by atoms with Crippen molar-refractivity contribution in [2.75, 3.05) is 19.6 Å². The van der Waals surface area contributed by atoms with E-state index in [1.807, 2.05) is 0 Å². The summed E-state index contributed by atoms with van der Waals surface area (Å²) in [4.78, 5) is 2.85. The topological polar surface area (TPSA) is 15.3 Å². The molecule has 1 N–H and O–H groups in total. The molecular formula is C18H36N2. The third-order valence-corrected chi connectivity index (χ3v) is 5.51. The van der Waals surface area contributed by atoms with E-state index < -0.39 is 0 Å². The lowest BCUT2D eigenvalue weighted by molar-refractivity contribution is 0.0450. The molecule has 0 aromatic heterocycles. The first-order chi connectivity index (χ1) is 9.77. The Morgan fingerprint density at radius 3 is 2.35 bits per heavy atom. The van der Waals surface area contributed by atoms with E-state index in [9.17, 15) is 0 Å². The molecule has 0 radical (unpaired) electrons. The maximum absolute atomic E-state index is 3.73. The standard InChI is InChI=1S/C18H36N2/c1-3-4-5-6-7-8-11-14-20-15-17(2)19-16-18(20)12-9-10-13-18/h17,19H,3-16H2,1-2H3. The van der Waals surface area contributed by atoms with Crippen molar-refractivity contribution in [2.24, 2.45) is 0 Å². The number of piperazine rings is 1. The molecule has 1 spiro atoms. The van der Waals surface area contributed by atoms with Crippen molar-refractivity contribution in [3.8, 4) is 0 Å². The van der Waals surface area contributed by atoms with Crippen molar-refractivity contribution in [3.63, 3.8) is 0 Å². The molecule has 0 aromatic carbocycles. The van der Waals surface area contributed by atoms with Crippen molar-refractivity contribution in [1.29, 1.82) is 0 Å². The molecular weight excluding hydrogens is 244 g/mol. The maximum atomic E-state index is 3.73. The fourth-order valence-corrected chi connectivity index (χ4v) is 4.18. The van der Waals surface area contributed by atoms with Crippen LogP contribution in [0.4, 0.5) is 0 Å². The minimum atomic E-state index is 0.536. The highest BCUT2D eigenvalue weighted by Gasteiger charge is 2.42. The van der Waals surface area contributed by atoms with Crippen LogP contribution in [-0.4, -0.2) is 36.1 Å². The quantitative estimate of drug-likeness (QED) is 0.665. The monoisotopic (exact) mass is 280 g/mol. The van der Waals surface area contributed by atoms with Crippen LogP contribution in [-0.2, 0) is 0 Å². The average Bonchev–Trinajstić information content (AvgIpc) is 2.91. The number of rotatable bonds is 8. The van der Waals surface area contributed by atoms with Crippen LogP contribution >= 0.6 is 0 Å². The van der Waals surface area contributed by atoms with Gasteiger partial charge in [-0.2, -0.15) is 0 Å². The van der Waals surface area contributed by atoms with Gasteiger partial charge in [-0.15, -0.1) is 0 Å². The lowest BCUT2D eigenvalue weighted by Crippen LogP contribution is -2.62. The van der Waals surface area contributed by atoms with Gasteiger partial charge in [-0.1, -0.05) is 58.3 Å². The molecule has 1 saturated heterocycles. The lowest BCUT2D eigenvalue weighted by Gasteiger charge is -2.48. The molecule has 1 atom stereocenters. The van der Waals surface area contributed by atoms with Gasteiger partial charge < -0.3 is 5.32 Å². The maximum Gasteiger partial charge on any atom is 0.0334 e. The second kappa shape index (κ2) is 8.38. The number of hydrogen-bond donors (Lipinski definition) is 1. The van der Waals surface area contributed by atoms with Crippen molar-refractivity contribution in [2.45, 2.75) is 96.1 Å². The van der Waals surface area contributed by atoms with E-state index in [1.165, 1.54) is 90.3 Å². The first-order valence-electron chi connectivity index (χ1n) is 9.25. The molecule has 1 aliphatic heterocycles. The van der Waals surface area contributed by atoms with Gasteiger partial charge in [0.2, 0.25) is 0 Å². The summed E-state index contributed by atoms with van der Waals surface area (Å²) < 4.78 is 0. The molecule has 118 valence electrons. The molecule has 1 unspecified atom stereocenters. The molecule has 2 fully saturated rings. The first-order valence-corrected chi connectivity index (χ1v) is 9.25. The van der Waals surface area contributed by atoms with Gasteiger partial charge in [-0.05, 0) is 32.7 Å². The Balaban J connectivity index is 1.66. The molecule has 2 rings (SSSR count). The van der Waals surface area contributed by atoms with E-state index in [-0.39, 0.29) is 0 Å². The van der Waals surface area contributed by atoms with Gasteiger partial charge >= 0.3 is 0 Å². The molecule has 0 aromatic rings. The van der Waals surface area contributed by atoms with Crippen LogP contribution in [0.25, 0.3) is 0 Å². The molecule has 1 heterocycles. The summed E-state index contributed by atoms with van der Waals surface area (Å²) in [7, 11) is 0. The van der Waals surface area contributed by atoms with E-state index in [4.69, 9.17) is 0 Å². The molecule has 1 aliphatic carbocycles. The van der Waals surface area contributed by atoms with E-state index in [0.717, 1.165) is 0 Å². The second-order valence-corrected chi connectivity index (χ2v) is 7.28. The fourth-order valence-electron chi connectivity index (χ4n) is 4.18. The largest absolute Gasteiger partial charge is 0.311 e. The third-order valence-electron chi connectivity index (χ3n) is 5.51. The van der Waals surface area contributed by atoms with E-state index in [2.05, 4.69) is 24.1 Å². The molecule has 2 heteroatoms. The van der Waals surface area contributed by atoms with Crippen LogP contribution in [0.2, 0.25) is 0 Å². The summed E-state index contributed by atoms with van der Waals surface area (Å²) in [6, 6.07) is 0.686. The lowest BCUT2D eigenvalue weighted by atomic mass is 9.90. The van der Waals surface area contributed by atoms with Gasteiger partial charge in [0.05, 0.1) is 0 Å². The number of unbranched alkanes of at least 4 members (excludes halogenated alkanes) is 6. The Kier molecular flexibility index (Phi) is 6.83. The number of hydrogen-bond acceptors (Lipinski definition) is 2. The van der Waals surface area contributed by atoms with Crippen LogP contribution in [0.5, 0.6) is 0 Å². The normalized spacial score (nSPS) is 26.4. The average molecular weight is 281 g/mol. The highest BCUT2D eigenvalue weighted by Crippen LogP contribution is 2.37. The van der Waals surface area contributed by atoms with Gasteiger partial charge in [0.25, 0.3) is 0 Å². The third kappa shape index (κ3) is 4.46. The zero-order valence-corrected chi connectivity index (χ0v) is 13.9. The van der Waals surface area contributed by atoms with Crippen molar-refractivity contribution >= 4 is 0 Å². The van der Waals surface area contributed by atoms with Gasteiger partial charge in [0, 0.05) is 24.7 Å². The SMILES string of the molecule is CCCCCCCCCN1CC(C)NCC12CCCC2. The molecule has 0 amide bonds. The highest BCUT2D eigenvalue weighted by atomic mass is 15.3. The van der Waals surface area contributed by atoms with Crippen LogP contribution in [0, 0.1) is 0 Å². The van der Waals surface area contributed by atoms with Crippen molar-refractivity contribution in [3.05, 3.63) is 0 Å². The highest BCUT2D eigenvalue weighted by molar-refractivity contribution is 5.00. The minimum absolute atomic E-state index is 0.536. The first kappa shape index (κ1) is 16.3. The summed E-state index contributed by atoms with van der Waals surface area (Å²) in [6.45, 7) is 8.51. The summed E-state index contributed by atoms with van der Waals surface area (Å²) in [5, 5.41) is 3.73. The minimum Gasteiger partial charge on any atom is -0.311 e. The summed E-state index contributed by atoms with van der Waals surface area (Å²) >= 11 is 0. The Morgan fingerprint density at radius 1 is 1.00 bits per heavy atom.